The van der Waals surface area contributed by atoms with Gasteiger partial charge in [-0.2, -0.15) is 0 Å². The average Bonchev–Trinajstić information content (AvgIpc) is 2.62. The van der Waals surface area contributed by atoms with E-state index in [2.05, 4.69) is 16.3 Å². The summed E-state index contributed by atoms with van der Waals surface area (Å²) in [5.74, 6) is -0.423. The fourth-order valence-corrected chi connectivity index (χ4v) is 2.80. The summed E-state index contributed by atoms with van der Waals surface area (Å²) in [7, 11) is 1.58. The van der Waals surface area contributed by atoms with Gasteiger partial charge in [0.25, 0.3) is 5.56 Å². The van der Waals surface area contributed by atoms with Crippen LogP contribution in [0.15, 0.2) is 53.6 Å². The van der Waals surface area contributed by atoms with Gasteiger partial charge < -0.3 is 14.4 Å². The number of hydrogen-bond acceptors (Lipinski definition) is 4. The number of alkyl halides is 3. The maximum atomic E-state index is 12.5. The maximum absolute atomic E-state index is 12.5. The van der Waals surface area contributed by atoms with E-state index in [1.54, 1.807) is 25.2 Å². The predicted molar refractivity (Wildman–Crippen MR) is 106 cm³/mol. The van der Waals surface area contributed by atoms with E-state index >= 15 is 0 Å². The number of allylic oxidation sites excluding steroid dienone is 4. The van der Waals surface area contributed by atoms with E-state index < -0.39 is 23.3 Å². The second kappa shape index (κ2) is 8.24. The van der Waals surface area contributed by atoms with Crippen molar-refractivity contribution in [2.75, 3.05) is 0 Å². The molecular formula is C21H23F3N2O3. The lowest BCUT2D eigenvalue weighted by atomic mass is 10.0. The van der Waals surface area contributed by atoms with Crippen LogP contribution in [0.4, 0.5) is 13.2 Å². The molecule has 1 heterocycles. The number of aliphatic hydroxyl groups is 1. The van der Waals surface area contributed by atoms with Gasteiger partial charge in [-0.25, -0.2) is 4.98 Å². The number of benzene rings is 1. The third kappa shape index (κ3) is 5.35. The van der Waals surface area contributed by atoms with E-state index in [-0.39, 0.29) is 5.69 Å². The third-order valence-electron chi connectivity index (χ3n) is 4.29. The van der Waals surface area contributed by atoms with Gasteiger partial charge >= 0.3 is 6.36 Å². The Morgan fingerprint density at radius 3 is 2.48 bits per heavy atom. The van der Waals surface area contributed by atoms with Crippen molar-refractivity contribution in [2.45, 2.75) is 39.2 Å². The van der Waals surface area contributed by atoms with Crippen molar-refractivity contribution >= 4 is 16.6 Å². The largest absolute Gasteiger partial charge is 0.573 e. The van der Waals surface area contributed by atoms with Crippen molar-refractivity contribution in [2.24, 2.45) is 7.05 Å². The van der Waals surface area contributed by atoms with Gasteiger partial charge in [0.15, 0.2) is 0 Å². The summed E-state index contributed by atoms with van der Waals surface area (Å²) in [5.41, 5.74) is 0.743. The van der Waals surface area contributed by atoms with Crippen LogP contribution in [0.3, 0.4) is 0 Å². The highest BCUT2D eigenvalue weighted by Gasteiger charge is 2.31. The molecule has 0 radical (unpaired) electrons. The van der Waals surface area contributed by atoms with Gasteiger partial charge in [0.1, 0.15) is 17.1 Å². The van der Waals surface area contributed by atoms with Gasteiger partial charge in [0, 0.05) is 7.05 Å². The van der Waals surface area contributed by atoms with Gasteiger partial charge in [-0.05, 0) is 55.7 Å². The van der Waals surface area contributed by atoms with Gasteiger partial charge in [-0.1, -0.05) is 25.6 Å². The van der Waals surface area contributed by atoms with Crippen molar-refractivity contribution in [3.05, 3.63) is 70.4 Å². The van der Waals surface area contributed by atoms with Crippen molar-refractivity contribution < 1.29 is 23.0 Å². The van der Waals surface area contributed by atoms with Gasteiger partial charge in [0.05, 0.1) is 11.0 Å². The Morgan fingerprint density at radius 1 is 1.31 bits per heavy atom. The number of rotatable bonds is 6. The smallest absolute Gasteiger partial charge is 0.406 e. The zero-order chi connectivity index (χ0) is 22.0. The summed E-state index contributed by atoms with van der Waals surface area (Å²) in [5, 5.41) is 10.2. The van der Waals surface area contributed by atoms with Crippen LogP contribution in [0.2, 0.25) is 0 Å². The lowest BCUT2D eigenvalue weighted by Gasteiger charge is -2.18. The number of nitrogens with zero attached hydrogens (tertiary/aromatic N) is 2. The van der Waals surface area contributed by atoms with Crippen LogP contribution in [-0.2, 0) is 17.4 Å². The molecule has 1 N–H and O–H groups in total. The second-order valence-electron chi connectivity index (χ2n) is 6.95. The fraction of sp³-hybridized carbons (Fsp3) is 0.333. The zero-order valence-electron chi connectivity index (χ0n) is 16.7. The van der Waals surface area contributed by atoms with E-state index in [1.807, 2.05) is 6.92 Å². The van der Waals surface area contributed by atoms with Crippen molar-refractivity contribution in [1.82, 2.24) is 9.55 Å². The fourth-order valence-electron chi connectivity index (χ4n) is 2.80. The number of aryl methyl sites for hydroxylation is 1. The first-order valence-electron chi connectivity index (χ1n) is 8.90. The molecule has 0 aliphatic rings. The Morgan fingerprint density at radius 2 is 1.97 bits per heavy atom. The Kier molecular flexibility index (Phi) is 6.37. The molecule has 0 amide bonds. The van der Waals surface area contributed by atoms with E-state index in [4.69, 9.17) is 0 Å². The SMILES string of the molecule is C=CC(=CC=C(CC)c1ccc2nc(C(C)(C)O)c(=O)n(C)c2c1)OC(F)(F)F. The molecule has 1 aromatic carbocycles. The van der Waals surface area contributed by atoms with Crippen molar-refractivity contribution in [3.8, 4) is 0 Å². The molecule has 0 saturated heterocycles. The summed E-state index contributed by atoms with van der Waals surface area (Å²) in [6, 6.07) is 5.20. The number of hydrogen-bond donors (Lipinski definition) is 1. The van der Waals surface area contributed by atoms with Crippen LogP contribution in [0, 0.1) is 0 Å². The lowest BCUT2D eigenvalue weighted by Crippen LogP contribution is -2.32. The molecule has 0 aliphatic heterocycles. The van der Waals surface area contributed by atoms with Crippen LogP contribution < -0.4 is 5.56 Å². The number of halogens is 3. The molecule has 8 heteroatoms. The summed E-state index contributed by atoms with van der Waals surface area (Å²) in [6.45, 7) is 8.16. The standard InChI is InChI=1S/C21H23F3N2O3/c1-6-13(8-10-15(7-2)29-21(22,23)24)14-9-11-16-17(12-14)26(5)19(27)18(25-16)20(3,4)28/h7-12,28H,2,6H2,1,3-5H3. The number of ether oxygens (including phenoxy) is 1. The normalized spacial score (nSPS) is 13.7. The van der Waals surface area contributed by atoms with Crippen molar-refractivity contribution in [3.63, 3.8) is 0 Å². The van der Waals surface area contributed by atoms with Crippen LogP contribution in [0.1, 0.15) is 38.4 Å². The monoisotopic (exact) mass is 408 g/mol. The van der Waals surface area contributed by atoms with Gasteiger partial charge in [-0.3, -0.25) is 4.79 Å². The second-order valence-corrected chi connectivity index (χ2v) is 6.95. The lowest BCUT2D eigenvalue weighted by molar-refractivity contribution is -0.303. The number of fused-ring (bicyclic) bond motifs is 1. The molecule has 0 atom stereocenters. The minimum atomic E-state index is -4.80. The molecule has 0 bridgehead atoms. The highest BCUT2D eigenvalue weighted by Crippen LogP contribution is 2.25. The molecule has 2 aromatic rings. The summed E-state index contributed by atoms with van der Waals surface area (Å²) in [6.07, 6.45) is -0.588. The molecular weight excluding hydrogens is 385 g/mol. The summed E-state index contributed by atoms with van der Waals surface area (Å²) >= 11 is 0. The molecule has 0 saturated carbocycles. The van der Waals surface area contributed by atoms with E-state index in [0.717, 1.165) is 17.2 Å². The van der Waals surface area contributed by atoms with Crippen molar-refractivity contribution in [1.29, 1.82) is 0 Å². The average molecular weight is 408 g/mol. The van der Waals surface area contributed by atoms with Gasteiger partial charge in [0.2, 0.25) is 0 Å². The van der Waals surface area contributed by atoms with E-state index in [9.17, 15) is 23.1 Å². The summed E-state index contributed by atoms with van der Waals surface area (Å²) < 4.78 is 42.5. The molecule has 0 fully saturated rings. The van der Waals surface area contributed by atoms with Crippen LogP contribution in [0.5, 0.6) is 0 Å². The molecule has 5 nitrogen and oxygen atoms in total. The van der Waals surface area contributed by atoms with Crippen LogP contribution in [0.25, 0.3) is 16.6 Å². The molecule has 0 unspecified atom stereocenters. The Balaban J connectivity index is 2.56. The van der Waals surface area contributed by atoms with E-state index in [0.29, 0.717) is 17.5 Å². The molecule has 2 rings (SSSR count). The van der Waals surface area contributed by atoms with E-state index in [1.165, 1.54) is 30.6 Å². The summed E-state index contributed by atoms with van der Waals surface area (Å²) in [4.78, 5) is 16.8. The first-order valence-corrected chi connectivity index (χ1v) is 8.90. The molecule has 29 heavy (non-hydrogen) atoms. The Labute approximate surface area is 166 Å². The number of aromatic nitrogens is 2. The zero-order valence-corrected chi connectivity index (χ0v) is 16.7. The molecule has 1 aromatic heterocycles. The Bertz CT molecular complexity index is 1040. The first kappa shape index (κ1) is 22.4. The highest BCUT2D eigenvalue weighted by atomic mass is 19.4. The molecule has 0 aliphatic carbocycles. The first-order chi connectivity index (χ1) is 13.4. The minimum absolute atomic E-state index is 0.0364. The van der Waals surface area contributed by atoms with Crippen LogP contribution in [-0.4, -0.2) is 21.0 Å². The topological polar surface area (TPSA) is 64.4 Å². The predicted octanol–water partition coefficient (Wildman–Crippen LogP) is 4.56. The highest BCUT2D eigenvalue weighted by molar-refractivity contribution is 5.81. The minimum Gasteiger partial charge on any atom is -0.406 e. The quantitative estimate of drug-likeness (QED) is 0.562. The maximum Gasteiger partial charge on any atom is 0.573 e. The Hall–Kier alpha value is -2.87. The third-order valence-corrected chi connectivity index (χ3v) is 4.29. The molecule has 0 spiro atoms. The van der Waals surface area contributed by atoms with Crippen LogP contribution >= 0.6 is 0 Å². The molecule has 156 valence electrons. The van der Waals surface area contributed by atoms with Gasteiger partial charge in [-0.15, -0.1) is 13.2 Å².